The number of rotatable bonds is 4. The smallest absolute Gasteiger partial charge is 0.191 e. The van der Waals surface area contributed by atoms with Gasteiger partial charge in [0.05, 0.1) is 13.1 Å². The van der Waals surface area contributed by atoms with E-state index in [9.17, 15) is 0 Å². The van der Waals surface area contributed by atoms with E-state index in [0.29, 0.717) is 6.54 Å². The first-order valence-corrected chi connectivity index (χ1v) is 7.70. The standard InChI is InChI=1S/C18H22N4O.HI/c1-13-15-8-4-5-9-16(15)23-17(13)12-21-18(19-2)20-11-14-7-6-10-22(14)3;/h4-10H,11-12H2,1-3H3,(H2,19,20,21);1H. The summed E-state index contributed by atoms with van der Waals surface area (Å²) in [5, 5.41) is 7.78. The first-order valence-electron chi connectivity index (χ1n) is 7.70. The molecule has 0 atom stereocenters. The van der Waals surface area contributed by atoms with Crippen LogP contribution in [0.1, 0.15) is 17.0 Å². The summed E-state index contributed by atoms with van der Waals surface area (Å²) in [5.74, 6) is 1.69. The molecule has 0 aliphatic carbocycles. The van der Waals surface area contributed by atoms with Crippen LogP contribution in [0.2, 0.25) is 0 Å². The van der Waals surface area contributed by atoms with Gasteiger partial charge in [-0.25, -0.2) is 0 Å². The summed E-state index contributed by atoms with van der Waals surface area (Å²) in [4.78, 5) is 4.26. The number of nitrogens with one attached hydrogen (secondary N) is 2. The van der Waals surface area contributed by atoms with Crippen LogP contribution in [0.25, 0.3) is 11.0 Å². The number of guanidine groups is 1. The SMILES string of the molecule is CN=C(NCc1oc2ccccc2c1C)NCc1cccn1C.I. The number of hydrogen-bond acceptors (Lipinski definition) is 2. The third-order valence-corrected chi connectivity index (χ3v) is 4.07. The van der Waals surface area contributed by atoms with E-state index < -0.39 is 0 Å². The predicted octanol–water partition coefficient (Wildman–Crippen LogP) is 3.56. The zero-order valence-electron chi connectivity index (χ0n) is 14.2. The summed E-state index contributed by atoms with van der Waals surface area (Å²) in [6.45, 7) is 3.42. The van der Waals surface area contributed by atoms with Crippen molar-refractivity contribution in [1.82, 2.24) is 15.2 Å². The number of furan rings is 1. The molecule has 0 bridgehead atoms. The summed E-state index contributed by atoms with van der Waals surface area (Å²) >= 11 is 0. The van der Waals surface area contributed by atoms with Gasteiger partial charge in [-0.2, -0.15) is 0 Å². The fraction of sp³-hybridized carbons (Fsp3) is 0.278. The highest BCUT2D eigenvalue weighted by molar-refractivity contribution is 14.0. The molecule has 1 aromatic carbocycles. The van der Waals surface area contributed by atoms with Gasteiger partial charge in [0, 0.05) is 36.9 Å². The van der Waals surface area contributed by atoms with Crippen LogP contribution in [0.4, 0.5) is 0 Å². The van der Waals surface area contributed by atoms with Crippen LogP contribution in [0.15, 0.2) is 52.0 Å². The number of nitrogens with zero attached hydrogens (tertiary/aromatic N) is 2. The van der Waals surface area contributed by atoms with Crippen LogP contribution >= 0.6 is 24.0 Å². The maximum absolute atomic E-state index is 5.91. The lowest BCUT2D eigenvalue weighted by atomic mass is 10.1. The van der Waals surface area contributed by atoms with Gasteiger partial charge in [-0.05, 0) is 25.1 Å². The monoisotopic (exact) mass is 438 g/mol. The topological polar surface area (TPSA) is 54.5 Å². The van der Waals surface area contributed by atoms with Gasteiger partial charge in [0.15, 0.2) is 5.96 Å². The minimum Gasteiger partial charge on any atom is -0.459 e. The predicted molar refractivity (Wildman–Crippen MR) is 109 cm³/mol. The molecule has 2 heterocycles. The third kappa shape index (κ3) is 3.92. The van der Waals surface area contributed by atoms with Gasteiger partial charge in [-0.15, -0.1) is 24.0 Å². The summed E-state index contributed by atoms with van der Waals surface area (Å²) in [6.07, 6.45) is 2.03. The van der Waals surface area contributed by atoms with E-state index in [2.05, 4.69) is 39.2 Å². The second-order valence-corrected chi connectivity index (χ2v) is 5.54. The Hall–Kier alpha value is -1.96. The lowest BCUT2D eigenvalue weighted by molar-refractivity contribution is 0.534. The van der Waals surface area contributed by atoms with Crippen LogP contribution < -0.4 is 10.6 Å². The molecule has 0 saturated heterocycles. The van der Waals surface area contributed by atoms with Crippen molar-refractivity contribution in [2.75, 3.05) is 7.05 Å². The quantitative estimate of drug-likeness (QED) is 0.372. The molecular weight excluding hydrogens is 415 g/mol. The van der Waals surface area contributed by atoms with E-state index in [0.717, 1.165) is 29.2 Å². The zero-order chi connectivity index (χ0) is 16.2. The van der Waals surface area contributed by atoms with E-state index in [1.807, 2.05) is 37.5 Å². The van der Waals surface area contributed by atoms with Crippen LogP contribution in [-0.4, -0.2) is 17.6 Å². The molecule has 2 N–H and O–H groups in total. The van der Waals surface area contributed by atoms with Gasteiger partial charge in [0.2, 0.25) is 0 Å². The van der Waals surface area contributed by atoms with E-state index in [-0.39, 0.29) is 24.0 Å². The molecule has 0 aliphatic rings. The molecular formula is C18H23IN4O. The van der Waals surface area contributed by atoms with Crippen molar-refractivity contribution >= 4 is 40.9 Å². The molecule has 0 amide bonds. The van der Waals surface area contributed by atoms with Crippen LogP contribution in [0.5, 0.6) is 0 Å². The Labute approximate surface area is 159 Å². The van der Waals surface area contributed by atoms with Crippen molar-refractivity contribution in [3.8, 4) is 0 Å². The Bertz CT molecular complexity index is 835. The molecule has 6 heteroatoms. The van der Waals surface area contributed by atoms with Crippen molar-refractivity contribution in [3.63, 3.8) is 0 Å². The van der Waals surface area contributed by atoms with Crippen molar-refractivity contribution in [1.29, 1.82) is 0 Å². The van der Waals surface area contributed by atoms with Gasteiger partial charge in [-0.1, -0.05) is 18.2 Å². The fourth-order valence-corrected chi connectivity index (χ4v) is 2.63. The molecule has 0 saturated carbocycles. The average molecular weight is 438 g/mol. The summed E-state index contributed by atoms with van der Waals surface area (Å²) in [7, 11) is 3.80. The largest absolute Gasteiger partial charge is 0.459 e. The first kappa shape index (κ1) is 18.4. The van der Waals surface area contributed by atoms with E-state index in [1.54, 1.807) is 7.05 Å². The maximum Gasteiger partial charge on any atom is 0.191 e. The van der Waals surface area contributed by atoms with Crippen molar-refractivity contribution < 1.29 is 4.42 Å². The number of fused-ring (bicyclic) bond motifs is 1. The molecule has 5 nitrogen and oxygen atoms in total. The van der Waals surface area contributed by atoms with Gasteiger partial charge in [-0.3, -0.25) is 4.99 Å². The van der Waals surface area contributed by atoms with Crippen LogP contribution in [0.3, 0.4) is 0 Å². The lowest BCUT2D eigenvalue weighted by Crippen LogP contribution is -2.36. The molecule has 0 aliphatic heterocycles. The van der Waals surface area contributed by atoms with E-state index in [1.165, 1.54) is 11.3 Å². The minimum absolute atomic E-state index is 0. The Morgan fingerprint density at radius 3 is 2.54 bits per heavy atom. The molecule has 0 radical (unpaired) electrons. The normalized spacial score (nSPS) is 11.4. The highest BCUT2D eigenvalue weighted by Crippen LogP contribution is 2.24. The number of para-hydroxylation sites is 1. The Morgan fingerprint density at radius 1 is 1.12 bits per heavy atom. The third-order valence-electron chi connectivity index (χ3n) is 4.07. The van der Waals surface area contributed by atoms with E-state index >= 15 is 0 Å². The molecule has 0 fully saturated rings. The van der Waals surface area contributed by atoms with Crippen LogP contribution in [-0.2, 0) is 20.1 Å². The van der Waals surface area contributed by atoms with Crippen LogP contribution in [0, 0.1) is 6.92 Å². The molecule has 3 rings (SSSR count). The van der Waals surface area contributed by atoms with E-state index in [4.69, 9.17) is 4.42 Å². The maximum atomic E-state index is 5.91. The molecule has 0 spiro atoms. The van der Waals surface area contributed by atoms with Crippen molar-refractivity contribution in [2.24, 2.45) is 12.0 Å². The van der Waals surface area contributed by atoms with Gasteiger partial charge in [0.1, 0.15) is 11.3 Å². The van der Waals surface area contributed by atoms with Crippen molar-refractivity contribution in [3.05, 3.63) is 59.6 Å². The number of halogens is 1. The molecule has 2 aromatic heterocycles. The highest BCUT2D eigenvalue weighted by atomic mass is 127. The average Bonchev–Trinajstić information content (AvgIpc) is 3.12. The summed E-state index contributed by atoms with van der Waals surface area (Å²) in [5.41, 5.74) is 3.30. The fourth-order valence-electron chi connectivity index (χ4n) is 2.63. The number of benzene rings is 1. The van der Waals surface area contributed by atoms with Gasteiger partial charge >= 0.3 is 0 Å². The minimum atomic E-state index is 0. The lowest BCUT2D eigenvalue weighted by Gasteiger charge is -2.11. The molecule has 128 valence electrons. The number of aromatic nitrogens is 1. The van der Waals surface area contributed by atoms with Crippen molar-refractivity contribution in [2.45, 2.75) is 20.0 Å². The number of hydrogen-bond donors (Lipinski definition) is 2. The van der Waals surface area contributed by atoms with Gasteiger partial charge < -0.3 is 19.6 Å². The molecule has 3 aromatic rings. The molecule has 24 heavy (non-hydrogen) atoms. The second kappa shape index (κ2) is 8.23. The Morgan fingerprint density at radius 2 is 1.88 bits per heavy atom. The second-order valence-electron chi connectivity index (χ2n) is 5.54. The summed E-state index contributed by atoms with van der Waals surface area (Å²) < 4.78 is 8.00. The first-order chi connectivity index (χ1) is 11.2. The Kier molecular flexibility index (Phi) is 6.30. The highest BCUT2D eigenvalue weighted by Gasteiger charge is 2.10. The number of aliphatic imine (C=N–C) groups is 1. The summed E-state index contributed by atoms with van der Waals surface area (Å²) in [6, 6.07) is 12.2. The number of aryl methyl sites for hydroxylation is 2. The molecule has 0 unspecified atom stereocenters. The zero-order valence-corrected chi connectivity index (χ0v) is 16.5. The Balaban J connectivity index is 0.00000208. The van der Waals surface area contributed by atoms with Gasteiger partial charge in [0.25, 0.3) is 0 Å².